The van der Waals surface area contributed by atoms with Gasteiger partial charge in [0.1, 0.15) is 11.8 Å². The summed E-state index contributed by atoms with van der Waals surface area (Å²) in [6.07, 6.45) is -2.06. The molecule has 4 rings (SSSR count). The maximum absolute atomic E-state index is 13.7. The van der Waals surface area contributed by atoms with Gasteiger partial charge in [-0.3, -0.25) is 14.5 Å². The monoisotopic (exact) mass is 453 g/mol. The standard InChI is InChI=1S/C23H30F3N3O3/c1-16-7-9-22(10-8-16)29(20(30)17-5-3-4-6-18(17)23(24,25)26)19(15-32-22)21(31)28-13-11-27(2)12-14-28/h3-6,16,19H,7-15H2,1-2H3/t16?,19-,22?/m1/s1. The Labute approximate surface area is 186 Å². The number of hydrogen-bond donors (Lipinski definition) is 0. The van der Waals surface area contributed by atoms with Gasteiger partial charge in [0.05, 0.1) is 17.7 Å². The molecule has 9 heteroatoms. The van der Waals surface area contributed by atoms with Crippen LogP contribution in [0.3, 0.4) is 0 Å². The van der Waals surface area contributed by atoms with Crippen LogP contribution < -0.4 is 0 Å². The van der Waals surface area contributed by atoms with E-state index in [4.69, 9.17) is 4.74 Å². The normalized spacial score (nSPS) is 29.5. The van der Waals surface area contributed by atoms with Gasteiger partial charge < -0.3 is 14.5 Å². The van der Waals surface area contributed by atoms with Crippen molar-refractivity contribution in [3.63, 3.8) is 0 Å². The lowest BCUT2D eigenvalue weighted by Gasteiger charge is -2.44. The van der Waals surface area contributed by atoms with Crippen molar-refractivity contribution in [2.45, 2.75) is 50.6 Å². The van der Waals surface area contributed by atoms with E-state index >= 15 is 0 Å². The number of benzene rings is 1. The van der Waals surface area contributed by atoms with Crippen molar-refractivity contribution in [2.24, 2.45) is 5.92 Å². The lowest BCUT2D eigenvalue weighted by Crippen LogP contribution is -2.59. The molecule has 32 heavy (non-hydrogen) atoms. The number of amides is 2. The molecule has 0 bridgehead atoms. The second-order valence-electron chi connectivity index (χ2n) is 9.30. The molecule has 0 radical (unpaired) electrons. The molecule has 0 aromatic heterocycles. The van der Waals surface area contributed by atoms with Crippen LogP contribution in [-0.2, 0) is 15.7 Å². The molecule has 1 aliphatic carbocycles. The summed E-state index contributed by atoms with van der Waals surface area (Å²) in [5, 5.41) is 0. The van der Waals surface area contributed by atoms with Crippen LogP contribution >= 0.6 is 0 Å². The SMILES string of the molecule is CC1CCC2(CC1)OC[C@H](C(=O)N1CCN(C)CC1)N2C(=O)c1ccccc1C(F)(F)F. The van der Waals surface area contributed by atoms with E-state index in [0.29, 0.717) is 44.9 Å². The molecule has 2 amide bonds. The first-order chi connectivity index (χ1) is 15.1. The molecular formula is C23H30F3N3O3. The first kappa shape index (κ1) is 23.0. The Morgan fingerprint density at radius 3 is 2.31 bits per heavy atom. The Bertz CT molecular complexity index is 860. The van der Waals surface area contributed by atoms with E-state index in [9.17, 15) is 22.8 Å². The van der Waals surface area contributed by atoms with Gasteiger partial charge >= 0.3 is 6.18 Å². The number of carbonyl (C=O) groups excluding carboxylic acids is 2. The van der Waals surface area contributed by atoms with Crippen LogP contribution in [0.5, 0.6) is 0 Å². The van der Waals surface area contributed by atoms with Crippen molar-refractivity contribution in [3.05, 3.63) is 35.4 Å². The third kappa shape index (κ3) is 4.24. The highest BCUT2D eigenvalue weighted by atomic mass is 19.4. The summed E-state index contributed by atoms with van der Waals surface area (Å²) < 4.78 is 47.2. The number of nitrogens with zero attached hydrogens (tertiary/aromatic N) is 3. The van der Waals surface area contributed by atoms with Crippen LogP contribution in [0.15, 0.2) is 24.3 Å². The van der Waals surface area contributed by atoms with E-state index in [2.05, 4.69) is 11.8 Å². The van der Waals surface area contributed by atoms with Gasteiger partial charge in [-0.2, -0.15) is 13.2 Å². The van der Waals surface area contributed by atoms with E-state index in [1.807, 2.05) is 7.05 Å². The Morgan fingerprint density at radius 2 is 1.69 bits per heavy atom. The van der Waals surface area contributed by atoms with Crippen LogP contribution in [-0.4, -0.2) is 78.1 Å². The highest BCUT2D eigenvalue weighted by molar-refractivity contribution is 5.99. The molecule has 6 nitrogen and oxygen atoms in total. The average molecular weight is 454 g/mol. The van der Waals surface area contributed by atoms with Gasteiger partial charge in [0.15, 0.2) is 0 Å². The maximum atomic E-state index is 13.7. The minimum Gasteiger partial charge on any atom is -0.353 e. The van der Waals surface area contributed by atoms with Gasteiger partial charge in [0.25, 0.3) is 5.91 Å². The lowest BCUT2D eigenvalue weighted by molar-refractivity contribution is -0.140. The molecule has 1 saturated carbocycles. The third-order valence-electron chi connectivity index (χ3n) is 7.10. The number of carbonyl (C=O) groups is 2. The highest BCUT2D eigenvalue weighted by Gasteiger charge is 2.55. The molecule has 3 aliphatic rings. The molecule has 2 aliphatic heterocycles. The van der Waals surface area contributed by atoms with Crippen molar-refractivity contribution in [1.29, 1.82) is 0 Å². The van der Waals surface area contributed by atoms with E-state index in [1.165, 1.54) is 23.1 Å². The van der Waals surface area contributed by atoms with Gasteiger partial charge in [-0.05, 0) is 50.8 Å². The zero-order chi connectivity index (χ0) is 23.1. The summed E-state index contributed by atoms with van der Waals surface area (Å²) in [5.41, 5.74) is -2.45. The molecule has 2 saturated heterocycles. The number of likely N-dealkylation sites (N-methyl/N-ethyl adjacent to an activating group) is 1. The number of rotatable bonds is 2. The van der Waals surface area contributed by atoms with Crippen LogP contribution in [0.25, 0.3) is 0 Å². The number of piperazine rings is 1. The Kier molecular flexibility index (Phi) is 6.24. The van der Waals surface area contributed by atoms with Gasteiger partial charge in [0.2, 0.25) is 5.91 Å². The predicted molar refractivity (Wildman–Crippen MR) is 112 cm³/mol. The Morgan fingerprint density at radius 1 is 1.06 bits per heavy atom. The molecule has 1 spiro atoms. The largest absolute Gasteiger partial charge is 0.417 e. The summed E-state index contributed by atoms with van der Waals surface area (Å²) in [5.74, 6) is -0.583. The van der Waals surface area contributed by atoms with Crippen LogP contribution in [0, 0.1) is 5.92 Å². The smallest absolute Gasteiger partial charge is 0.353 e. The molecule has 1 atom stereocenters. The van der Waals surface area contributed by atoms with Crippen molar-refractivity contribution < 1.29 is 27.5 Å². The molecule has 176 valence electrons. The zero-order valence-electron chi connectivity index (χ0n) is 18.5. The average Bonchev–Trinajstić information content (AvgIpc) is 3.13. The van der Waals surface area contributed by atoms with Crippen molar-refractivity contribution >= 4 is 11.8 Å². The third-order valence-corrected chi connectivity index (χ3v) is 7.10. The Hall–Kier alpha value is -2.13. The van der Waals surface area contributed by atoms with Crippen molar-refractivity contribution in [1.82, 2.24) is 14.7 Å². The molecular weight excluding hydrogens is 423 g/mol. The Balaban J connectivity index is 1.70. The summed E-state index contributed by atoms with van der Waals surface area (Å²) in [7, 11) is 1.97. The minimum absolute atomic E-state index is 0.0134. The van der Waals surface area contributed by atoms with E-state index in [0.717, 1.165) is 18.9 Å². The fourth-order valence-corrected chi connectivity index (χ4v) is 5.05. The van der Waals surface area contributed by atoms with E-state index in [1.54, 1.807) is 4.90 Å². The summed E-state index contributed by atoms with van der Waals surface area (Å²) in [6.45, 7) is 4.60. The molecule has 0 N–H and O–H groups in total. The van der Waals surface area contributed by atoms with E-state index in [-0.39, 0.29) is 12.5 Å². The second-order valence-corrected chi connectivity index (χ2v) is 9.30. The number of alkyl halides is 3. The molecule has 1 aromatic rings. The summed E-state index contributed by atoms with van der Waals surface area (Å²) in [4.78, 5) is 32.3. The zero-order valence-corrected chi connectivity index (χ0v) is 18.5. The fourth-order valence-electron chi connectivity index (χ4n) is 5.05. The van der Waals surface area contributed by atoms with Gasteiger partial charge in [-0.1, -0.05) is 19.1 Å². The minimum atomic E-state index is -4.67. The molecule has 3 fully saturated rings. The van der Waals surface area contributed by atoms with Crippen LogP contribution in [0.4, 0.5) is 13.2 Å². The maximum Gasteiger partial charge on any atom is 0.417 e. The molecule has 1 aromatic carbocycles. The topological polar surface area (TPSA) is 53.1 Å². The van der Waals surface area contributed by atoms with Crippen LogP contribution in [0.1, 0.15) is 48.5 Å². The van der Waals surface area contributed by atoms with E-state index < -0.39 is 35.0 Å². The number of ether oxygens (including phenoxy) is 1. The first-order valence-corrected chi connectivity index (χ1v) is 11.2. The van der Waals surface area contributed by atoms with Gasteiger partial charge in [-0.15, -0.1) is 0 Å². The quantitative estimate of drug-likeness (QED) is 0.690. The summed E-state index contributed by atoms with van der Waals surface area (Å²) >= 11 is 0. The van der Waals surface area contributed by atoms with Gasteiger partial charge in [0, 0.05) is 26.2 Å². The van der Waals surface area contributed by atoms with Crippen molar-refractivity contribution in [2.75, 3.05) is 39.8 Å². The molecule has 2 heterocycles. The lowest BCUT2D eigenvalue weighted by atomic mass is 9.83. The predicted octanol–water partition coefficient (Wildman–Crippen LogP) is 3.23. The molecule has 0 unspecified atom stereocenters. The van der Waals surface area contributed by atoms with Crippen LogP contribution in [0.2, 0.25) is 0 Å². The number of hydrogen-bond acceptors (Lipinski definition) is 4. The van der Waals surface area contributed by atoms with Gasteiger partial charge in [-0.25, -0.2) is 0 Å². The number of halogens is 3. The summed E-state index contributed by atoms with van der Waals surface area (Å²) in [6, 6.07) is 3.88. The first-order valence-electron chi connectivity index (χ1n) is 11.2. The van der Waals surface area contributed by atoms with Crippen molar-refractivity contribution in [3.8, 4) is 0 Å². The highest BCUT2D eigenvalue weighted by Crippen LogP contribution is 2.44. The fraction of sp³-hybridized carbons (Fsp3) is 0.652. The second kappa shape index (κ2) is 8.67.